The molecule has 0 bridgehead atoms. The van der Waals surface area contributed by atoms with E-state index >= 15 is 0 Å². The lowest BCUT2D eigenvalue weighted by atomic mass is 10.0. The average Bonchev–Trinajstić information content (AvgIpc) is 3.15. The fourth-order valence-electron chi connectivity index (χ4n) is 3.68. The molecule has 2 heterocycles. The summed E-state index contributed by atoms with van der Waals surface area (Å²) in [5.74, 6) is 0.971. The maximum atomic E-state index is 13.1. The second-order valence-electron chi connectivity index (χ2n) is 7.05. The van der Waals surface area contributed by atoms with Crippen LogP contribution in [0.1, 0.15) is 30.1 Å². The maximum absolute atomic E-state index is 13.1. The van der Waals surface area contributed by atoms with E-state index in [0.717, 1.165) is 43.4 Å². The molecule has 4 rings (SSSR count). The Hall–Kier alpha value is -2.86. The van der Waals surface area contributed by atoms with Gasteiger partial charge in [-0.3, -0.25) is 9.48 Å². The summed E-state index contributed by atoms with van der Waals surface area (Å²) < 4.78 is 13.0. The lowest BCUT2D eigenvalue weighted by Gasteiger charge is -2.21. The van der Waals surface area contributed by atoms with Crippen LogP contribution in [-0.2, 0) is 11.3 Å². The van der Waals surface area contributed by atoms with Crippen molar-refractivity contribution < 1.29 is 14.3 Å². The summed E-state index contributed by atoms with van der Waals surface area (Å²) in [6.45, 7) is 4.89. The molecule has 146 valence electrons. The van der Waals surface area contributed by atoms with Crippen LogP contribution >= 0.6 is 0 Å². The Labute approximate surface area is 164 Å². The van der Waals surface area contributed by atoms with Gasteiger partial charge in [-0.15, -0.1) is 0 Å². The van der Waals surface area contributed by atoms with Crippen molar-refractivity contribution in [2.75, 3.05) is 25.1 Å². The third-order valence-corrected chi connectivity index (χ3v) is 5.09. The molecule has 3 aromatic rings. The van der Waals surface area contributed by atoms with Gasteiger partial charge in [-0.1, -0.05) is 30.3 Å². The monoisotopic (exact) mass is 379 g/mol. The van der Waals surface area contributed by atoms with Gasteiger partial charge in [-0.05, 0) is 42.5 Å². The molecular formula is C22H25N3O3. The first kappa shape index (κ1) is 18.5. The van der Waals surface area contributed by atoms with Gasteiger partial charge in [-0.25, -0.2) is 0 Å². The average molecular weight is 379 g/mol. The van der Waals surface area contributed by atoms with Crippen LogP contribution < -0.4 is 10.1 Å². The molecule has 1 N–H and O–H groups in total. The van der Waals surface area contributed by atoms with E-state index in [-0.39, 0.29) is 5.91 Å². The first-order valence-electron chi connectivity index (χ1n) is 9.80. The van der Waals surface area contributed by atoms with Gasteiger partial charge in [0.2, 0.25) is 0 Å². The van der Waals surface area contributed by atoms with Gasteiger partial charge in [0.15, 0.2) is 0 Å². The van der Waals surface area contributed by atoms with Crippen molar-refractivity contribution in [3.05, 3.63) is 54.4 Å². The summed E-state index contributed by atoms with van der Waals surface area (Å²) in [6, 6.07) is 11.7. The van der Waals surface area contributed by atoms with Gasteiger partial charge >= 0.3 is 0 Å². The Morgan fingerprint density at radius 1 is 1.25 bits per heavy atom. The summed E-state index contributed by atoms with van der Waals surface area (Å²) in [7, 11) is 0. The molecule has 0 spiro atoms. The molecule has 1 aliphatic heterocycles. The van der Waals surface area contributed by atoms with Crippen LogP contribution in [0.25, 0.3) is 10.8 Å². The Bertz CT molecular complexity index is 961. The molecule has 0 unspecified atom stereocenters. The third kappa shape index (κ3) is 4.02. The molecule has 2 aromatic carbocycles. The normalized spacial score (nSPS) is 14.9. The number of benzene rings is 2. The fourth-order valence-corrected chi connectivity index (χ4v) is 3.68. The topological polar surface area (TPSA) is 65.4 Å². The molecule has 0 saturated carbocycles. The molecule has 1 aromatic heterocycles. The highest BCUT2D eigenvalue weighted by atomic mass is 16.5. The second kappa shape index (κ2) is 8.44. The van der Waals surface area contributed by atoms with Crippen LogP contribution in [-0.4, -0.2) is 35.5 Å². The minimum atomic E-state index is -0.189. The quantitative estimate of drug-likeness (QED) is 0.700. The number of ether oxygens (including phenoxy) is 2. The van der Waals surface area contributed by atoms with E-state index in [2.05, 4.69) is 10.4 Å². The summed E-state index contributed by atoms with van der Waals surface area (Å²) in [5.41, 5.74) is 1.24. The number of fused-ring (bicyclic) bond motifs is 1. The van der Waals surface area contributed by atoms with E-state index in [1.165, 1.54) is 0 Å². The van der Waals surface area contributed by atoms with Crippen LogP contribution in [0.3, 0.4) is 0 Å². The summed E-state index contributed by atoms with van der Waals surface area (Å²) in [4.78, 5) is 13.1. The van der Waals surface area contributed by atoms with E-state index in [4.69, 9.17) is 9.47 Å². The van der Waals surface area contributed by atoms with E-state index in [9.17, 15) is 4.79 Å². The van der Waals surface area contributed by atoms with Crippen molar-refractivity contribution in [2.45, 2.75) is 26.3 Å². The predicted molar refractivity (Wildman–Crippen MR) is 109 cm³/mol. The molecule has 0 atom stereocenters. The number of hydrogen-bond donors (Lipinski definition) is 1. The third-order valence-electron chi connectivity index (χ3n) is 5.09. The summed E-state index contributed by atoms with van der Waals surface area (Å²) >= 11 is 0. The number of carbonyl (C=O) groups is 1. The lowest BCUT2D eigenvalue weighted by molar-refractivity contribution is 0.0601. The Balaban J connectivity index is 1.54. The number of anilines is 1. The van der Waals surface area contributed by atoms with Crippen molar-refractivity contribution in [3.8, 4) is 5.75 Å². The van der Waals surface area contributed by atoms with Crippen LogP contribution in [0, 0.1) is 5.92 Å². The highest BCUT2D eigenvalue weighted by molar-refractivity contribution is 6.14. The van der Waals surface area contributed by atoms with Gasteiger partial charge < -0.3 is 14.8 Å². The number of amides is 1. The number of rotatable bonds is 6. The lowest BCUT2D eigenvalue weighted by Crippen LogP contribution is -2.20. The predicted octanol–water partition coefficient (Wildman–Crippen LogP) is 4.11. The highest BCUT2D eigenvalue weighted by Crippen LogP contribution is 2.29. The number of hydrogen-bond acceptors (Lipinski definition) is 4. The molecule has 1 saturated heterocycles. The number of carbonyl (C=O) groups excluding carboxylic acids is 1. The molecule has 6 nitrogen and oxygen atoms in total. The van der Waals surface area contributed by atoms with E-state index in [1.807, 2.05) is 54.2 Å². The van der Waals surface area contributed by atoms with E-state index in [1.54, 1.807) is 6.20 Å². The van der Waals surface area contributed by atoms with Crippen LogP contribution in [0.4, 0.5) is 5.69 Å². The van der Waals surface area contributed by atoms with E-state index < -0.39 is 0 Å². The maximum Gasteiger partial charge on any atom is 0.260 e. The SMILES string of the molecule is CCOc1ccc2ccccc2c1C(=O)Nc1cnn(CC2CCOCC2)c1. The molecule has 1 aliphatic rings. The van der Waals surface area contributed by atoms with Gasteiger partial charge in [0.25, 0.3) is 5.91 Å². The summed E-state index contributed by atoms with van der Waals surface area (Å²) in [5, 5.41) is 9.27. The second-order valence-corrected chi connectivity index (χ2v) is 7.05. The zero-order valence-electron chi connectivity index (χ0n) is 16.1. The van der Waals surface area contributed by atoms with Crippen molar-refractivity contribution in [3.63, 3.8) is 0 Å². The Morgan fingerprint density at radius 2 is 2.07 bits per heavy atom. The molecule has 28 heavy (non-hydrogen) atoms. The minimum Gasteiger partial charge on any atom is -0.493 e. The first-order valence-corrected chi connectivity index (χ1v) is 9.80. The van der Waals surface area contributed by atoms with Crippen molar-refractivity contribution in [1.82, 2.24) is 9.78 Å². The highest BCUT2D eigenvalue weighted by Gasteiger charge is 2.18. The zero-order chi connectivity index (χ0) is 19.3. The smallest absolute Gasteiger partial charge is 0.260 e. The molecule has 1 fully saturated rings. The van der Waals surface area contributed by atoms with Crippen LogP contribution in [0.5, 0.6) is 5.75 Å². The number of nitrogens with one attached hydrogen (secondary N) is 1. The molecule has 0 radical (unpaired) electrons. The van der Waals surface area contributed by atoms with Crippen molar-refractivity contribution >= 4 is 22.4 Å². The van der Waals surface area contributed by atoms with E-state index in [0.29, 0.717) is 29.5 Å². The van der Waals surface area contributed by atoms with Crippen LogP contribution in [0.2, 0.25) is 0 Å². The fraction of sp³-hybridized carbons (Fsp3) is 0.364. The first-order chi connectivity index (χ1) is 13.7. The molecule has 1 amide bonds. The Kier molecular flexibility index (Phi) is 5.58. The number of aromatic nitrogens is 2. The molecular weight excluding hydrogens is 354 g/mol. The summed E-state index contributed by atoms with van der Waals surface area (Å²) in [6.07, 6.45) is 5.69. The minimum absolute atomic E-state index is 0.189. The van der Waals surface area contributed by atoms with Gasteiger partial charge in [0, 0.05) is 26.0 Å². The molecule has 0 aliphatic carbocycles. The molecule has 6 heteroatoms. The van der Waals surface area contributed by atoms with Gasteiger partial charge in [0.05, 0.1) is 24.1 Å². The van der Waals surface area contributed by atoms with Gasteiger partial charge in [0.1, 0.15) is 5.75 Å². The van der Waals surface area contributed by atoms with Gasteiger partial charge in [-0.2, -0.15) is 5.10 Å². The van der Waals surface area contributed by atoms with Crippen LogP contribution in [0.15, 0.2) is 48.8 Å². The standard InChI is InChI=1S/C22H25N3O3/c1-2-28-20-8-7-17-5-3-4-6-19(17)21(20)22(26)24-18-13-23-25(15-18)14-16-9-11-27-12-10-16/h3-8,13,15-16H,2,9-12,14H2,1H3,(H,24,26). The number of nitrogens with zero attached hydrogens (tertiary/aromatic N) is 2. The zero-order valence-corrected chi connectivity index (χ0v) is 16.1. The van der Waals surface area contributed by atoms with Crippen molar-refractivity contribution in [1.29, 1.82) is 0 Å². The Morgan fingerprint density at radius 3 is 2.89 bits per heavy atom. The van der Waals surface area contributed by atoms with Crippen molar-refractivity contribution in [2.24, 2.45) is 5.92 Å². The largest absolute Gasteiger partial charge is 0.493 e.